The van der Waals surface area contributed by atoms with Gasteiger partial charge in [0.05, 0.1) is 5.69 Å². The van der Waals surface area contributed by atoms with Gasteiger partial charge in [-0.25, -0.2) is 9.50 Å². The molecule has 0 spiro atoms. The number of nitrogens with one attached hydrogen (secondary N) is 1. The van der Waals surface area contributed by atoms with Gasteiger partial charge in [0.1, 0.15) is 0 Å². The zero-order valence-corrected chi connectivity index (χ0v) is 19.4. The first-order chi connectivity index (χ1) is 16.4. The topological polar surface area (TPSA) is 72.2 Å². The largest absolute Gasteiger partial charge is 0.320 e. The number of hydrogen-bond acceptors (Lipinski definition) is 4. The Morgan fingerprint density at radius 1 is 0.853 bits per heavy atom. The zero-order chi connectivity index (χ0) is 23.7. The van der Waals surface area contributed by atoms with Crippen molar-refractivity contribution in [2.24, 2.45) is 0 Å². The highest BCUT2D eigenvalue weighted by Crippen LogP contribution is 2.26. The molecule has 3 aromatic heterocycles. The molecule has 1 N–H and O–H groups in total. The Balaban J connectivity index is 1.37. The fraction of sp³-hybridized carbons (Fsp3) is 0.143. The molecule has 5 aromatic rings. The lowest BCUT2D eigenvalue weighted by Crippen LogP contribution is -2.12. The third-order valence-electron chi connectivity index (χ3n) is 5.72. The van der Waals surface area contributed by atoms with Crippen LogP contribution in [0.4, 0.5) is 5.69 Å². The SMILES string of the molecule is CC(C)(C)c1ccc(-c2cnc3cc(C(=O)Nc4ccnc(-c5ccccc5)c4)nn3c2)cc1. The number of anilines is 1. The van der Waals surface area contributed by atoms with Gasteiger partial charge in [0.15, 0.2) is 11.3 Å². The van der Waals surface area contributed by atoms with E-state index in [-0.39, 0.29) is 11.3 Å². The minimum atomic E-state index is -0.299. The number of amides is 1. The number of carbonyl (C=O) groups excluding carboxylic acids is 1. The molecule has 0 unspecified atom stereocenters. The summed E-state index contributed by atoms with van der Waals surface area (Å²) in [4.78, 5) is 21.8. The van der Waals surface area contributed by atoms with Gasteiger partial charge in [0.2, 0.25) is 0 Å². The molecule has 2 aromatic carbocycles. The minimum Gasteiger partial charge on any atom is -0.320 e. The Kier molecular flexibility index (Phi) is 5.42. The van der Waals surface area contributed by atoms with E-state index >= 15 is 0 Å². The maximum atomic E-state index is 12.9. The van der Waals surface area contributed by atoms with Gasteiger partial charge in [-0.3, -0.25) is 9.78 Å². The van der Waals surface area contributed by atoms with Crippen LogP contribution in [0.15, 0.2) is 91.4 Å². The third kappa shape index (κ3) is 4.43. The van der Waals surface area contributed by atoms with Crippen molar-refractivity contribution in [3.05, 3.63) is 103 Å². The molecular formula is C28H25N5O. The number of nitrogens with zero attached hydrogens (tertiary/aromatic N) is 4. The van der Waals surface area contributed by atoms with Crippen LogP contribution in [-0.4, -0.2) is 25.5 Å². The van der Waals surface area contributed by atoms with Crippen molar-refractivity contribution in [3.8, 4) is 22.4 Å². The molecule has 0 radical (unpaired) electrons. The summed E-state index contributed by atoms with van der Waals surface area (Å²) >= 11 is 0. The lowest BCUT2D eigenvalue weighted by atomic mass is 9.86. The Labute approximate surface area is 198 Å². The molecule has 6 heteroatoms. The van der Waals surface area contributed by atoms with E-state index in [0.29, 0.717) is 17.0 Å². The van der Waals surface area contributed by atoms with Gasteiger partial charge in [0.25, 0.3) is 5.91 Å². The van der Waals surface area contributed by atoms with E-state index in [1.807, 2.05) is 42.6 Å². The summed E-state index contributed by atoms with van der Waals surface area (Å²) in [6, 6.07) is 23.6. The zero-order valence-electron chi connectivity index (χ0n) is 19.4. The molecule has 0 aliphatic rings. The lowest BCUT2D eigenvalue weighted by molar-refractivity contribution is 0.102. The van der Waals surface area contributed by atoms with Gasteiger partial charge >= 0.3 is 0 Å². The second kappa shape index (κ2) is 8.56. The smallest absolute Gasteiger partial charge is 0.276 e. The molecule has 1 amide bonds. The van der Waals surface area contributed by atoms with E-state index in [1.165, 1.54) is 5.56 Å². The van der Waals surface area contributed by atoms with Gasteiger partial charge in [-0.05, 0) is 28.7 Å². The first-order valence-corrected chi connectivity index (χ1v) is 11.2. The van der Waals surface area contributed by atoms with Crippen molar-refractivity contribution in [3.63, 3.8) is 0 Å². The van der Waals surface area contributed by atoms with Crippen molar-refractivity contribution < 1.29 is 4.79 Å². The van der Waals surface area contributed by atoms with Crippen LogP contribution in [0, 0.1) is 0 Å². The highest BCUT2D eigenvalue weighted by Gasteiger charge is 2.15. The van der Waals surface area contributed by atoms with Crippen molar-refractivity contribution in [1.29, 1.82) is 0 Å². The molecule has 0 saturated carbocycles. The molecule has 168 valence electrons. The maximum Gasteiger partial charge on any atom is 0.276 e. The number of fused-ring (bicyclic) bond motifs is 1. The van der Waals surface area contributed by atoms with Crippen molar-refractivity contribution >= 4 is 17.2 Å². The first-order valence-electron chi connectivity index (χ1n) is 11.2. The number of pyridine rings is 1. The highest BCUT2D eigenvalue weighted by molar-refractivity contribution is 6.03. The maximum absolute atomic E-state index is 12.9. The number of aromatic nitrogens is 4. The van der Waals surface area contributed by atoms with Crippen molar-refractivity contribution in [2.75, 3.05) is 5.32 Å². The summed E-state index contributed by atoms with van der Waals surface area (Å²) in [6.07, 6.45) is 5.38. The highest BCUT2D eigenvalue weighted by atomic mass is 16.1. The molecular weight excluding hydrogens is 422 g/mol. The van der Waals surface area contributed by atoms with Crippen LogP contribution < -0.4 is 5.32 Å². The van der Waals surface area contributed by atoms with Crippen LogP contribution in [0.3, 0.4) is 0 Å². The Hall–Kier alpha value is -4.32. The predicted octanol–water partition coefficient (Wildman–Crippen LogP) is 6.01. The van der Waals surface area contributed by atoms with E-state index in [9.17, 15) is 4.79 Å². The molecule has 0 saturated heterocycles. The fourth-order valence-electron chi connectivity index (χ4n) is 3.77. The summed E-state index contributed by atoms with van der Waals surface area (Å²) in [5.74, 6) is -0.299. The summed E-state index contributed by atoms with van der Waals surface area (Å²) in [6.45, 7) is 6.58. The van der Waals surface area contributed by atoms with Crippen LogP contribution in [0.2, 0.25) is 0 Å². The first kappa shape index (κ1) is 21.5. The molecule has 6 nitrogen and oxygen atoms in total. The van der Waals surface area contributed by atoms with E-state index in [0.717, 1.165) is 22.4 Å². The summed E-state index contributed by atoms with van der Waals surface area (Å²) in [5, 5.41) is 7.37. The fourth-order valence-corrected chi connectivity index (χ4v) is 3.77. The molecule has 3 heterocycles. The average Bonchev–Trinajstić information content (AvgIpc) is 3.28. The average molecular weight is 448 g/mol. The van der Waals surface area contributed by atoms with Gasteiger partial charge in [-0.1, -0.05) is 75.4 Å². The van der Waals surface area contributed by atoms with Crippen molar-refractivity contribution in [2.45, 2.75) is 26.2 Å². The molecule has 0 aliphatic carbocycles. The summed E-state index contributed by atoms with van der Waals surface area (Å²) in [7, 11) is 0. The molecule has 5 rings (SSSR count). The Morgan fingerprint density at radius 3 is 2.35 bits per heavy atom. The Bertz CT molecular complexity index is 1460. The summed E-state index contributed by atoms with van der Waals surface area (Å²) < 4.78 is 1.64. The van der Waals surface area contributed by atoms with Gasteiger partial charge < -0.3 is 5.32 Å². The molecule has 34 heavy (non-hydrogen) atoms. The quantitative estimate of drug-likeness (QED) is 0.366. The van der Waals surface area contributed by atoms with Crippen LogP contribution in [0.1, 0.15) is 36.8 Å². The molecule has 0 bridgehead atoms. The molecule has 0 aliphatic heterocycles. The summed E-state index contributed by atoms with van der Waals surface area (Å²) in [5.41, 5.74) is 6.69. The predicted molar refractivity (Wildman–Crippen MR) is 135 cm³/mol. The number of carbonyl (C=O) groups is 1. The second-order valence-corrected chi connectivity index (χ2v) is 9.25. The lowest BCUT2D eigenvalue weighted by Gasteiger charge is -2.19. The van der Waals surface area contributed by atoms with E-state index in [4.69, 9.17) is 0 Å². The van der Waals surface area contributed by atoms with Gasteiger partial charge in [-0.2, -0.15) is 5.10 Å². The number of hydrogen-bond donors (Lipinski definition) is 1. The monoisotopic (exact) mass is 447 g/mol. The van der Waals surface area contributed by atoms with E-state index < -0.39 is 0 Å². The second-order valence-electron chi connectivity index (χ2n) is 9.25. The Morgan fingerprint density at radius 2 is 1.62 bits per heavy atom. The van der Waals surface area contributed by atoms with Crippen LogP contribution in [0.5, 0.6) is 0 Å². The third-order valence-corrected chi connectivity index (χ3v) is 5.72. The van der Waals surface area contributed by atoms with Crippen LogP contribution in [-0.2, 0) is 5.41 Å². The number of benzene rings is 2. The van der Waals surface area contributed by atoms with Crippen molar-refractivity contribution in [1.82, 2.24) is 19.6 Å². The molecule has 0 fully saturated rings. The standard InChI is InChI=1S/C28H25N5O/c1-28(2,3)22-11-9-19(10-12-22)21-17-30-26-16-25(32-33(26)18-21)27(34)31-23-13-14-29-24(15-23)20-7-5-4-6-8-20/h4-18H,1-3H3,(H,29,31,34). The van der Waals surface area contributed by atoms with Crippen LogP contribution in [0.25, 0.3) is 28.0 Å². The van der Waals surface area contributed by atoms with Gasteiger partial charge in [0, 0.05) is 41.5 Å². The van der Waals surface area contributed by atoms with E-state index in [1.54, 1.807) is 29.0 Å². The molecule has 0 atom stereocenters. The normalized spacial score (nSPS) is 11.5. The van der Waals surface area contributed by atoms with Crippen LogP contribution >= 0.6 is 0 Å². The number of rotatable bonds is 4. The minimum absolute atomic E-state index is 0.0989. The van der Waals surface area contributed by atoms with E-state index in [2.05, 4.69) is 65.4 Å². The van der Waals surface area contributed by atoms with Gasteiger partial charge in [-0.15, -0.1) is 0 Å².